The topological polar surface area (TPSA) is 142 Å². The van der Waals surface area contributed by atoms with Gasteiger partial charge < -0.3 is 24.2 Å². The van der Waals surface area contributed by atoms with Crippen molar-refractivity contribution in [2.75, 3.05) is 36.5 Å². The maximum absolute atomic E-state index is 18.2. The number of carboxylic acid groups (broad SMARTS) is 1. The highest BCUT2D eigenvalue weighted by Crippen LogP contribution is 2.48. The van der Waals surface area contributed by atoms with Gasteiger partial charge in [-0.1, -0.05) is 59.6 Å². The van der Waals surface area contributed by atoms with Gasteiger partial charge >= 0.3 is 18.2 Å². The van der Waals surface area contributed by atoms with Gasteiger partial charge in [-0.2, -0.15) is 9.97 Å². The van der Waals surface area contributed by atoms with Crippen molar-refractivity contribution in [1.82, 2.24) is 24.8 Å². The number of alkyl halides is 2. The fourth-order valence-electron chi connectivity index (χ4n) is 11.5. The molecule has 3 saturated heterocycles. The van der Waals surface area contributed by atoms with Gasteiger partial charge in [0.15, 0.2) is 5.82 Å². The Hall–Kier alpha value is -5.34. The van der Waals surface area contributed by atoms with Crippen molar-refractivity contribution >= 4 is 53.4 Å². The number of anilines is 2. The molecule has 0 saturated carbocycles. The lowest BCUT2D eigenvalue weighted by molar-refractivity contribution is 0.0634. The van der Waals surface area contributed by atoms with Crippen molar-refractivity contribution in [3.63, 3.8) is 0 Å². The zero-order chi connectivity index (χ0) is 47.6. The Morgan fingerprint density at radius 2 is 1.74 bits per heavy atom. The summed E-state index contributed by atoms with van der Waals surface area (Å²) in [5.41, 5.74) is 5.12. The number of fused-ring (bicyclic) bond motifs is 6. The molecule has 2 aromatic carbocycles. The number of amides is 2. The van der Waals surface area contributed by atoms with E-state index in [4.69, 9.17) is 29.2 Å². The second-order valence-corrected chi connectivity index (χ2v) is 25.9. The van der Waals surface area contributed by atoms with Crippen LogP contribution in [0.4, 0.5) is 34.3 Å². The molecule has 4 aromatic rings. The summed E-state index contributed by atoms with van der Waals surface area (Å²) in [6, 6.07) is 7.33. The average Bonchev–Trinajstić information content (AvgIpc) is 3.77. The van der Waals surface area contributed by atoms with Crippen LogP contribution in [-0.2, 0) is 4.74 Å². The van der Waals surface area contributed by atoms with Gasteiger partial charge in [0.2, 0.25) is 5.88 Å². The van der Waals surface area contributed by atoms with Crippen molar-refractivity contribution in [3.05, 3.63) is 41.7 Å². The third-order valence-electron chi connectivity index (χ3n) is 14.1. The van der Waals surface area contributed by atoms with Crippen LogP contribution in [-0.4, -0.2) is 119 Å². The maximum atomic E-state index is 18.2. The van der Waals surface area contributed by atoms with Crippen LogP contribution in [0, 0.1) is 17.3 Å². The van der Waals surface area contributed by atoms with Crippen molar-refractivity contribution < 1.29 is 42.1 Å². The predicted octanol–water partition coefficient (Wildman–Crippen LogP) is 10.5. The summed E-state index contributed by atoms with van der Waals surface area (Å²) in [7, 11) is -2.25. The minimum Gasteiger partial charge on any atom is -0.472 e. The summed E-state index contributed by atoms with van der Waals surface area (Å²) >= 11 is 0. The average molecular weight is 930 g/mol. The van der Waals surface area contributed by atoms with Gasteiger partial charge in [0.25, 0.3) is 6.43 Å². The first-order valence-electron chi connectivity index (χ1n) is 23.3. The summed E-state index contributed by atoms with van der Waals surface area (Å²) in [5, 5.41) is 14.7. The van der Waals surface area contributed by atoms with Crippen LogP contribution < -0.4 is 19.7 Å². The van der Waals surface area contributed by atoms with Crippen LogP contribution in [0.2, 0.25) is 16.6 Å². The highest BCUT2D eigenvalue weighted by molar-refractivity contribution is 6.90. The smallest absolute Gasteiger partial charge is 0.412 e. The summed E-state index contributed by atoms with van der Waals surface area (Å²) in [4.78, 5) is 45.7. The quantitative estimate of drug-likeness (QED) is 0.116. The van der Waals surface area contributed by atoms with E-state index in [0.29, 0.717) is 75.8 Å². The summed E-state index contributed by atoms with van der Waals surface area (Å²) < 4.78 is 63.9. The lowest BCUT2D eigenvalue weighted by atomic mass is 9.95. The number of halogens is 3. The number of ether oxygens (including phenoxy) is 3. The number of carbonyl (C=O) groups excluding carboxylic acids is 1. The van der Waals surface area contributed by atoms with Gasteiger partial charge in [0.1, 0.15) is 48.8 Å². The zero-order valence-electron chi connectivity index (χ0n) is 39.5. The lowest BCUT2D eigenvalue weighted by Crippen LogP contribution is -2.64. The monoisotopic (exact) mass is 929 g/mol. The van der Waals surface area contributed by atoms with Crippen LogP contribution >= 0.6 is 0 Å². The van der Waals surface area contributed by atoms with Crippen LogP contribution in [0.1, 0.15) is 100 Å². The minimum absolute atomic E-state index is 0.00254. The molecule has 5 atom stereocenters. The number of pyridine rings is 1. The molecule has 3 fully saturated rings. The molecule has 4 aliphatic heterocycles. The Morgan fingerprint density at radius 3 is 2.41 bits per heavy atom. The van der Waals surface area contributed by atoms with Crippen molar-refractivity contribution in [2.45, 2.75) is 154 Å². The number of likely N-dealkylation sites (tertiary alicyclic amines) is 1. The van der Waals surface area contributed by atoms with E-state index in [1.54, 1.807) is 37.8 Å². The first-order valence-corrected chi connectivity index (χ1v) is 25.5. The number of piperazine rings is 1. The van der Waals surface area contributed by atoms with Crippen molar-refractivity contribution in [2.24, 2.45) is 0 Å². The Balaban J connectivity index is 1.36. The molecule has 4 unspecified atom stereocenters. The molecule has 0 radical (unpaired) electrons. The Labute approximate surface area is 385 Å². The number of aromatic nitrogens is 3. The third-order valence-corrected chi connectivity index (χ3v) is 20.4. The van der Waals surface area contributed by atoms with E-state index in [0.717, 1.165) is 6.42 Å². The second kappa shape index (κ2) is 18.0. The predicted molar refractivity (Wildman–Crippen MR) is 252 cm³/mol. The molecule has 6 heterocycles. The fourth-order valence-corrected chi connectivity index (χ4v) is 16.7. The van der Waals surface area contributed by atoms with E-state index in [1.807, 2.05) is 30.0 Å². The molecule has 17 heteroatoms. The van der Waals surface area contributed by atoms with Crippen LogP contribution in [0.25, 0.3) is 32.9 Å². The molecular weight excluding hydrogens is 868 g/mol. The number of benzene rings is 2. The van der Waals surface area contributed by atoms with Gasteiger partial charge in [-0.3, -0.25) is 15.1 Å². The molecule has 0 aliphatic carbocycles. The summed E-state index contributed by atoms with van der Waals surface area (Å²) in [6.07, 6.45) is -2.30. The van der Waals surface area contributed by atoms with E-state index in [-0.39, 0.29) is 53.7 Å². The molecule has 2 N–H and O–H groups in total. The number of nitrogens with one attached hydrogen (secondary N) is 1. The maximum Gasteiger partial charge on any atom is 0.412 e. The van der Waals surface area contributed by atoms with E-state index >= 15 is 4.39 Å². The molecule has 2 bridgehead atoms. The standard InChI is InChI=1S/C49H62F3N7O6Si/c1-26(2)66(27(3)4,28(5)6)20-18-30-13-11-14-31-21-32(53-47(60)65-49(8,9)10)22-35(38(30)31)41-40(52)42-39-44(56-46(55-42)63-25-34-15-12-19-57(34)24-37(50)51)58-23-33-16-17-36(59(33)48(61)62)43(58)29(7)64-45(39)54-41/h11,13-14,21-22,26-29,33-34,36-37,43H,12,15-17,19,23-25H2,1-10H3,(H,53,60)(H,61,62)/t29?,33?,34-,36?,43?/m0/s1. The Bertz CT molecular complexity index is 2570. The molecule has 2 aromatic heterocycles. The number of hydrogen-bond donors (Lipinski definition) is 2. The number of hydrogen-bond acceptors (Lipinski definition) is 10. The van der Waals surface area contributed by atoms with Crippen LogP contribution in [0.3, 0.4) is 0 Å². The highest BCUT2D eigenvalue weighted by Gasteiger charge is 2.53. The highest BCUT2D eigenvalue weighted by atomic mass is 28.3. The SMILES string of the molecule is CC1Oc2nc(-c3cc(NC(=O)OC(C)(C)C)cc4cccc(C#C[Si](C(C)C)(C(C)C)C(C)C)c34)c(F)c3nc(OC[C@@H]4CCCN4CC(F)F)nc(c23)N2CC3CCC(C12)N3C(=O)O. The molecule has 4 aliphatic rings. The zero-order valence-corrected chi connectivity index (χ0v) is 40.5. The number of carbonyl (C=O) groups is 2. The number of rotatable bonds is 10. The van der Waals surface area contributed by atoms with Crippen LogP contribution in [0.5, 0.6) is 11.9 Å². The van der Waals surface area contributed by atoms with Gasteiger partial charge in [0.05, 0.1) is 24.7 Å². The summed E-state index contributed by atoms with van der Waals surface area (Å²) in [6.45, 7) is 21.0. The normalized spacial score (nSPS) is 21.9. The minimum atomic E-state index is -2.52. The number of nitrogens with zero attached hydrogens (tertiary/aromatic N) is 6. The molecule has 0 spiro atoms. The van der Waals surface area contributed by atoms with Gasteiger partial charge in [0, 0.05) is 34.8 Å². The molecule has 8 rings (SSSR count). The first kappa shape index (κ1) is 47.2. The molecule has 13 nitrogen and oxygen atoms in total. The van der Waals surface area contributed by atoms with Gasteiger partial charge in [-0.25, -0.2) is 27.7 Å². The molecule has 2 amide bonds. The van der Waals surface area contributed by atoms with Crippen LogP contribution in [0.15, 0.2) is 30.3 Å². The Morgan fingerprint density at radius 1 is 1.02 bits per heavy atom. The molecule has 354 valence electrons. The van der Waals surface area contributed by atoms with Gasteiger partial charge in [-0.05, 0) is 100 Å². The van der Waals surface area contributed by atoms with E-state index in [9.17, 15) is 23.5 Å². The summed E-state index contributed by atoms with van der Waals surface area (Å²) in [5.74, 6) is 3.13. The Kier molecular flexibility index (Phi) is 12.9. The van der Waals surface area contributed by atoms with Crippen molar-refractivity contribution in [1.29, 1.82) is 0 Å². The lowest BCUT2D eigenvalue weighted by Gasteiger charge is -2.47. The van der Waals surface area contributed by atoms with E-state index < -0.39 is 62.8 Å². The van der Waals surface area contributed by atoms with Gasteiger partial charge in [-0.15, -0.1) is 5.54 Å². The van der Waals surface area contributed by atoms with E-state index in [2.05, 4.69) is 58.3 Å². The van der Waals surface area contributed by atoms with E-state index in [1.165, 1.54) is 4.90 Å². The third kappa shape index (κ3) is 8.71. The largest absolute Gasteiger partial charge is 0.472 e. The molecule has 66 heavy (non-hydrogen) atoms. The fraction of sp³-hybridized carbons (Fsp3) is 0.571. The first-order chi connectivity index (χ1) is 31.2. The molecular formula is C49H62F3N7O6Si. The van der Waals surface area contributed by atoms with Crippen molar-refractivity contribution in [3.8, 4) is 34.6 Å². The second-order valence-electron chi connectivity index (χ2n) is 20.3.